The SMILES string of the molecule is CCCCCc1ccc(-c2cn(CC(O)CN)nn2)cc1. The monoisotopic (exact) mass is 288 g/mol. The second kappa shape index (κ2) is 7.90. The Morgan fingerprint density at radius 2 is 2.00 bits per heavy atom. The van der Waals surface area contributed by atoms with Gasteiger partial charge in [0, 0.05) is 12.1 Å². The predicted octanol–water partition coefficient (Wildman–Crippen LogP) is 2.00. The predicted molar refractivity (Wildman–Crippen MR) is 83.7 cm³/mol. The molecule has 1 atom stereocenters. The van der Waals surface area contributed by atoms with E-state index in [2.05, 4.69) is 41.5 Å². The molecular weight excluding hydrogens is 264 g/mol. The van der Waals surface area contributed by atoms with Crippen molar-refractivity contribution in [2.75, 3.05) is 6.54 Å². The summed E-state index contributed by atoms with van der Waals surface area (Å²) in [4.78, 5) is 0. The molecule has 0 saturated heterocycles. The highest BCUT2D eigenvalue weighted by atomic mass is 16.3. The number of hydrogen-bond donors (Lipinski definition) is 2. The van der Waals surface area contributed by atoms with E-state index in [9.17, 15) is 5.11 Å². The minimum absolute atomic E-state index is 0.224. The average Bonchev–Trinajstić information content (AvgIpc) is 2.96. The van der Waals surface area contributed by atoms with Gasteiger partial charge in [-0.25, -0.2) is 4.68 Å². The zero-order chi connectivity index (χ0) is 15.1. The molecule has 3 N–H and O–H groups in total. The summed E-state index contributed by atoms with van der Waals surface area (Å²) in [5.41, 5.74) is 8.62. The van der Waals surface area contributed by atoms with E-state index in [1.807, 2.05) is 6.20 Å². The lowest BCUT2D eigenvalue weighted by molar-refractivity contribution is 0.156. The first-order valence-corrected chi connectivity index (χ1v) is 7.60. The van der Waals surface area contributed by atoms with Crippen molar-refractivity contribution in [2.24, 2.45) is 5.73 Å². The number of aliphatic hydroxyl groups excluding tert-OH is 1. The zero-order valence-electron chi connectivity index (χ0n) is 12.6. The zero-order valence-corrected chi connectivity index (χ0v) is 12.6. The van der Waals surface area contributed by atoms with Crippen LogP contribution in [0.4, 0.5) is 0 Å². The number of aromatic nitrogens is 3. The summed E-state index contributed by atoms with van der Waals surface area (Å²) in [5.74, 6) is 0. The van der Waals surface area contributed by atoms with Gasteiger partial charge in [0.15, 0.2) is 0 Å². The maximum atomic E-state index is 9.52. The summed E-state index contributed by atoms with van der Waals surface area (Å²) in [5, 5.41) is 17.7. The summed E-state index contributed by atoms with van der Waals surface area (Å²) in [6, 6.07) is 8.46. The Hall–Kier alpha value is -1.72. The number of hydrogen-bond acceptors (Lipinski definition) is 4. The number of unbranched alkanes of at least 4 members (excludes halogenated alkanes) is 2. The summed E-state index contributed by atoms with van der Waals surface area (Å²) in [6.07, 6.45) is 6.15. The fraction of sp³-hybridized carbons (Fsp3) is 0.500. The van der Waals surface area contributed by atoms with Crippen LogP contribution < -0.4 is 5.73 Å². The van der Waals surface area contributed by atoms with Gasteiger partial charge >= 0.3 is 0 Å². The molecule has 0 bridgehead atoms. The molecule has 21 heavy (non-hydrogen) atoms. The van der Waals surface area contributed by atoms with E-state index in [1.165, 1.54) is 24.8 Å². The lowest BCUT2D eigenvalue weighted by Crippen LogP contribution is -2.25. The molecule has 0 saturated carbocycles. The highest BCUT2D eigenvalue weighted by molar-refractivity contribution is 5.57. The molecule has 2 rings (SSSR count). The van der Waals surface area contributed by atoms with Crippen LogP contribution in [0.15, 0.2) is 30.5 Å². The van der Waals surface area contributed by atoms with Crippen LogP contribution in [0.25, 0.3) is 11.3 Å². The number of nitrogens with zero attached hydrogens (tertiary/aromatic N) is 3. The number of aryl methyl sites for hydroxylation is 1. The van der Waals surface area contributed by atoms with E-state index < -0.39 is 6.10 Å². The van der Waals surface area contributed by atoms with Crippen molar-refractivity contribution in [3.8, 4) is 11.3 Å². The van der Waals surface area contributed by atoms with E-state index in [4.69, 9.17) is 5.73 Å². The lowest BCUT2D eigenvalue weighted by Gasteiger charge is -2.05. The molecule has 0 aliphatic carbocycles. The fourth-order valence-electron chi connectivity index (χ4n) is 2.23. The van der Waals surface area contributed by atoms with E-state index in [-0.39, 0.29) is 6.54 Å². The Bertz CT molecular complexity index is 535. The van der Waals surface area contributed by atoms with Crippen LogP contribution in [0, 0.1) is 0 Å². The van der Waals surface area contributed by atoms with Gasteiger partial charge in [0.05, 0.1) is 18.8 Å². The van der Waals surface area contributed by atoms with Gasteiger partial charge in [-0.15, -0.1) is 5.10 Å². The molecule has 1 heterocycles. The first-order valence-electron chi connectivity index (χ1n) is 7.60. The van der Waals surface area contributed by atoms with E-state index in [0.717, 1.165) is 17.7 Å². The molecule has 0 fully saturated rings. The van der Waals surface area contributed by atoms with Crippen LogP contribution >= 0.6 is 0 Å². The number of benzene rings is 1. The number of aliphatic hydroxyl groups is 1. The second-order valence-electron chi connectivity index (χ2n) is 5.37. The van der Waals surface area contributed by atoms with Crippen LogP contribution in [-0.4, -0.2) is 32.7 Å². The van der Waals surface area contributed by atoms with Gasteiger partial charge in [-0.2, -0.15) is 0 Å². The maximum Gasteiger partial charge on any atom is 0.113 e. The molecule has 5 heteroatoms. The third kappa shape index (κ3) is 4.65. The van der Waals surface area contributed by atoms with Crippen LogP contribution in [0.2, 0.25) is 0 Å². The van der Waals surface area contributed by atoms with Crippen molar-refractivity contribution in [3.63, 3.8) is 0 Å². The van der Waals surface area contributed by atoms with E-state index in [1.54, 1.807) is 4.68 Å². The molecule has 5 nitrogen and oxygen atoms in total. The quantitative estimate of drug-likeness (QED) is 0.728. The molecule has 0 radical (unpaired) electrons. The first-order chi connectivity index (χ1) is 10.2. The molecule has 114 valence electrons. The third-order valence-electron chi connectivity index (χ3n) is 3.53. The van der Waals surface area contributed by atoms with Gasteiger partial charge in [0.25, 0.3) is 0 Å². The fourth-order valence-corrected chi connectivity index (χ4v) is 2.23. The molecule has 0 aliphatic heterocycles. The summed E-state index contributed by atoms with van der Waals surface area (Å²) < 4.78 is 1.63. The molecule has 0 spiro atoms. The Kier molecular flexibility index (Phi) is 5.90. The average molecular weight is 288 g/mol. The van der Waals surface area contributed by atoms with Crippen molar-refractivity contribution in [3.05, 3.63) is 36.0 Å². The molecular formula is C16H24N4O. The Morgan fingerprint density at radius 3 is 2.67 bits per heavy atom. The van der Waals surface area contributed by atoms with Gasteiger partial charge in [-0.05, 0) is 18.4 Å². The van der Waals surface area contributed by atoms with Crippen LogP contribution in [0.1, 0.15) is 31.7 Å². The molecule has 1 unspecified atom stereocenters. The topological polar surface area (TPSA) is 77.0 Å². The van der Waals surface area contributed by atoms with E-state index in [0.29, 0.717) is 6.54 Å². The molecule has 2 aromatic rings. The van der Waals surface area contributed by atoms with Crippen LogP contribution in [0.5, 0.6) is 0 Å². The minimum atomic E-state index is -0.583. The Balaban J connectivity index is 1.98. The highest BCUT2D eigenvalue weighted by Gasteiger charge is 2.07. The largest absolute Gasteiger partial charge is 0.390 e. The Labute approximate surface area is 125 Å². The maximum absolute atomic E-state index is 9.52. The van der Waals surface area contributed by atoms with Gasteiger partial charge < -0.3 is 10.8 Å². The molecule has 1 aromatic carbocycles. The van der Waals surface area contributed by atoms with Crippen molar-refractivity contribution in [2.45, 2.75) is 45.3 Å². The molecule has 0 aliphatic rings. The first kappa shape index (κ1) is 15.7. The normalized spacial score (nSPS) is 12.5. The molecule has 1 aromatic heterocycles. The second-order valence-corrected chi connectivity index (χ2v) is 5.37. The van der Waals surface area contributed by atoms with Crippen molar-refractivity contribution < 1.29 is 5.11 Å². The van der Waals surface area contributed by atoms with Gasteiger partial charge in [-0.3, -0.25) is 0 Å². The highest BCUT2D eigenvalue weighted by Crippen LogP contribution is 2.18. The van der Waals surface area contributed by atoms with Crippen molar-refractivity contribution in [1.29, 1.82) is 0 Å². The van der Waals surface area contributed by atoms with Crippen LogP contribution in [-0.2, 0) is 13.0 Å². The van der Waals surface area contributed by atoms with Crippen molar-refractivity contribution in [1.82, 2.24) is 15.0 Å². The smallest absolute Gasteiger partial charge is 0.113 e. The Morgan fingerprint density at radius 1 is 1.24 bits per heavy atom. The van der Waals surface area contributed by atoms with Crippen molar-refractivity contribution >= 4 is 0 Å². The minimum Gasteiger partial charge on any atom is -0.390 e. The number of nitrogens with two attached hydrogens (primary N) is 1. The van der Waals surface area contributed by atoms with Gasteiger partial charge in [0.1, 0.15) is 5.69 Å². The molecule has 0 amide bonds. The van der Waals surface area contributed by atoms with Crippen LogP contribution in [0.3, 0.4) is 0 Å². The summed E-state index contributed by atoms with van der Waals surface area (Å²) >= 11 is 0. The van der Waals surface area contributed by atoms with Gasteiger partial charge in [-0.1, -0.05) is 49.2 Å². The standard InChI is InChI=1S/C16H24N4O/c1-2-3-4-5-13-6-8-14(9-7-13)16-12-20(19-18-16)11-15(21)10-17/h6-9,12,15,21H,2-5,10-11,17H2,1H3. The van der Waals surface area contributed by atoms with Gasteiger partial charge in [0.2, 0.25) is 0 Å². The third-order valence-corrected chi connectivity index (χ3v) is 3.53. The summed E-state index contributed by atoms with van der Waals surface area (Å²) in [7, 11) is 0. The summed E-state index contributed by atoms with van der Waals surface area (Å²) in [6.45, 7) is 2.81. The lowest BCUT2D eigenvalue weighted by atomic mass is 10.0. The van der Waals surface area contributed by atoms with E-state index >= 15 is 0 Å². The number of rotatable bonds is 8.